The van der Waals surface area contributed by atoms with Crippen molar-refractivity contribution < 1.29 is 84.6 Å². The molecule has 3 heterocycles. The molecule has 18 nitrogen and oxygen atoms in total. The van der Waals surface area contributed by atoms with Gasteiger partial charge in [-0.1, -0.05) is 0 Å². The first-order valence-electron chi connectivity index (χ1n) is 13.3. The lowest BCUT2D eigenvalue weighted by Crippen LogP contribution is -2.62. The number of fused-ring (bicyclic) bond motifs is 1. The van der Waals surface area contributed by atoms with Crippen molar-refractivity contribution in [2.75, 3.05) is 13.2 Å². The number of ether oxygens (including phenoxy) is 4. The predicted octanol–water partition coefficient (Wildman–Crippen LogP) is -3.01. The van der Waals surface area contributed by atoms with Crippen LogP contribution in [0.15, 0.2) is 33.5 Å². The number of phenolic OH excluding ortho intramolecular Hbond substituents is 5. The molecular formula is C27H30O18. The first-order chi connectivity index (χ1) is 21.2. The Morgan fingerprint density at radius 2 is 1.27 bits per heavy atom. The van der Waals surface area contributed by atoms with E-state index in [9.17, 15) is 66.1 Å². The van der Waals surface area contributed by atoms with Gasteiger partial charge in [0.05, 0.1) is 13.2 Å². The van der Waals surface area contributed by atoms with Crippen molar-refractivity contribution in [2.24, 2.45) is 0 Å². The van der Waals surface area contributed by atoms with Crippen LogP contribution in [0.4, 0.5) is 0 Å². The number of phenols is 5. The van der Waals surface area contributed by atoms with Crippen molar-refractivity contribution in [2.45, 2.75) is 61.4 Å². The highest BCUT2D eigenvalue weighted by Crippen LogP contribution is 2.43. The molecule has 0 unspecified atom stereocenters. The first-order valence-corrected chi connectivity index (χ1v) is 13.3. The molecule has 5 rings (SSSR count). The third-order valence-corrected chi connectivity index (χ3v) is 7.43. The van der Waals surface area contributed by atoms with Crippen molar-refractivity contribution in [3.63, 3.8) is 0 Å². The van der Waals surface area contributed by atoms with Crippen LogP contribution >= 0.6 is 0 Å². The first kappa shape index (κ1) is 32.4. The van der Waals surface area contributed by atoms with Crippen molar-refractivity contribution in [1.29, 1.82) is 0 Å². The lowest BCUT2D eigenvalue weighted by molar-refractivity contribution is -0.323. The van der Waals surface area contributed by atoms with Gasteiger partial charge >= 0.3 is 0 Å². The fraction of sp³-hybridized carbons (Fsp3) is 0.444. The standard InChI is InChI=1S/C27H30O18/c28-5-13-17(34)20(37)22(39)26(43-13)41-6-14-18(35)21(38)23(40)27(44-14)45-25-19(36)15-9(30)3-8(29)4-12(15)42-24(25)7-1-10(31)16(33)11(32)2-7/h1-4,13-14,17-18,20-23,26-35,37-40H,5-6H2/t13-,14+,17-,18+,20+,21-,22+,23+,26+,27-/m0/s1. The van der Waals surface area contributed by atoms with Gasteiger partial charge in [0.25, 0.3) is 0 Å². The summed E-state index contributed by atoms with van der Waals surface area (Å²) in [5.74, 6) is -5.28. The van der Waals surface area contributed by atoms with Gasteiger partial charge in [0.2, 0.25) is 17.5 Å². The van der Waals surface area contributed by atoms with Crippen LogP contribution in [0.25, 0.3) is 22.3 Å². The summed E-state index contributed by atoms with van der Waals surface area (Å²) in [5, 5.41) is 121. The zero-order valence-corrected chi connectivity index (χ0v) is 22.8. The molecule has 0 bridgehead atoms. The van der Waals surface area contributed by atoms with Gasteiger partial charge in [-0.15, -0.1) is 0 Å². The number of aliphatic hydroxyl groups excluding tert-OH is 7. The molecule has 2 saturated heterocycles. The molecule has 45 heavy (non-hydrogen) atoms. The second kappa shape index (κ2) is 12.4. The molecular weight excluding hydrogens is 612 g/mol. The van der Waals surface area contributed by atoms with E-state index in [0.29, 0.717) is 0 Å². The van der Waals surface area contributed by atoms with E-state index in [1.165, 1.54) is 0 Å². The Kier molecular flexibility index (Phi) is 8.97. The summed E-state index contributed by atoms with van der Waals surface area (Å²) in [7, 11) is 0. The molecule has 0 amide bonds. The molecule has 2 aromatic carbocycles. The van der Waals surface area contributed by atoms with Gasteiger partial charge in [0.1, 0.15) is 71.3 Å². The largest absolute Gasteiger partial charge is 0.508 e. The third-order valence-electron chi connectivity index (χ3n) is 7.43. The van der Waals surface area contributed by atoms with E-state index in [1.54, 1.807) is 0 Å². The lowest BCUT2D eigenvalue weighted by atomic mass is 9.98. The van der Waals surface area contributed by atoms with Gasteiger partial charge in [0, 0.05) is 17.7 Å². The van der Waals surface area contributed by atoms with Crippen molar-refractivity contribution in [1.82, 2.24) is 0 Å². The summed E-state index contributed by atoms with van der Waals surface area (Å²) >= 11 is 0. The summed E-state index contributed by atoms with van der Waals surface area (Å²) in [6.07, 6.45) is -17.8. The zero-order chi connectivity index (χ0) is 32.9. The number of benzene rings is 2. The molecule has 0 aliphatic carbocycles. The van der Waals surface area contributed by atoms with Crippen molar-refractivity contribution in [3.05, 3.63) is 34.5 Å². The van der Waals surface area contributed by atoms with Gasteiger partial charge in [-0.25, -0.2) is 0 Å². The molecule has 18 heteroatoms. The highest BCUT2D eigenvalue weighted by atomic mass is 16.7. The normalized spacial score (nSPS) is 32.1. The van der Waals surface area contributed by atoms with E-state index in [4.69, 9.17) is 23.4 Å². The zero-order valence-electron chi connectivity index (χ0n) is 22.8. The van der Waals surface area contributed by atoms with Crippen LogP contribution in [-0.2, 0) is 14.2 Å². The maximum absolute atomic E-state index is 13.6. The summed E-state index contributed by atoms with van der Waals surface area (Å²) in [6, 6.07) is 3.51. The highest BCUT2D eigenvalue weighted by Gasteiger charge is 2.48. The van der Waals surface area contributed by atoms with Crippen LogP contribution in [0.5, 0.6) is 34.5 Å². The number of aliphatic hydroxyl groups is 7. The second-order valence-corrected chi connectivity index (χ2v) is 10.5. The van der Waals surface area contributed by atoms with E-state index >= 15 is 0 Å². The van der Waals surface area contributed by atoms with Crippen LogP contribution in [-0.4, -0.2) is 136 Å². The Hall–Kier alpha value is -3.95. The molecule has 0 saturated carbocycles. The molecule has 2 aliphatic heterocycles. The molecule has 2 aliphatic rings. The van der Waals surface area contributed by atoms with E-state index in [2.05, 4.69) is 0 Å². The molecule has 3 aromatic rings. The number of hydrogen-bond acceptors (Lipinski definition) is 18. The molecule has 0 radical (unpaired) electrons. The summed E-state index contributed by atoms with van der Waals surface area (Å²) < 4.78 is 27.5. The molecule has 1 aromatic heterocycles. The van der Waals surface area contributed by atoms with Gasteiger partial charge in [-0.2, -0.15) is 0 Å². The van der Waals surface area contributed by atoms with Crippen LogP contribution in [0, 0.1) is 0 Å². The third kappa shape index (κ3) is 5.91. The Bertz CT molecular complexity index is 1580. The molecule has 12 N–H and O–H groups in total. The van der Waals surface area contributed by atoms with E-state index < -0.39 is 131 Å². The fourth-order valence-electron chi connectivity index (χ4n) is 4.96. The average Bonchev–Trinajstić information content (AvgIpc) is 2.99. The molecule has 0 spiro atoms. The minimum atomic E-state index is -2.05. The van der Waals surface area contributed by atoms with E-state index in [1.807, 2.05) is 0 Å². The quantitative estimate of drug-likeness (QED) is 0.114. The molecule has 246 valence electrons. The maximum Gasteiger partial charge on any atom is 0.239 e. The predicted molar refractivity (Wildman–Crippen MR) is 143 cm³/mol. The van der Waals surface area contributed by atoms with Gasteiger partial charge in [-0.05, 0) is 12.1 Å². The van der Waals surface area contributed by atoms with Crippen LogP contribution in [0.3, 0.4) is 0 Å². The van der Waals surface area contributed by atoms with Gasteiger partial charge in [0.15, 0.2) is 29.3 Å². The van der Waals surface area contributed by atoms with E-state index in [0.717, 1.165) is 24.3 Å². The highest BCUT2D eigenvalue weighted by molar-refractivity contribution is 5.88. The average molecular weight is 643 g/mol. The number of rotatable bonds is 7. The van der Waals surface area contributed by atoms with Crippen LogP contribution in [0.1, 0.15) is 0 Å². The summed E-state index contributed by atoms with van der Waals surface area (Å²) in [5.41, 5.74) is -1.80. The number of aromatic hydroxyl groups is 5. The summed E-state index contributed by atoms with van der Waals surface area (Å²) in [4.78, 5) is 13.6. The van der Waals surface area contributed by atoms with Gasteiger partial charge < -0.3 is 84.6 Å². The lowest BCUT2D eigenvalue weighted by Gasteiger charge is -2.42. The molecule has 2 fully saturated rings. The fourth-order valence-corrected chi connectivity index (χ4v) is 4.96. The topological polar surface area (TPSA) is 310 Å². The minimum Gasteiger partial charge on any atom is -0.508 e. The van der Waals surface area contributed by atoms with Crippen molar-refractivity contribution in [3.8, 4) is 45.8 Å². The number of hydrogen-bond donors (Lipinski definition) is 12. The minimum absolute atomic E-state index is 0.284. The van der Waals surface area contributed by atoms with Gasteiger partial charge in [-0.3, -0.25) is 4.79 Å². The summed E-state index contributed by atoms with van der Waals surface area (Å²) in [6.45, 7) is -1.47. The Labute approximate surface area is 250 Å². The Balaban J connectivity index is 1.49. The van der Waals surface area contributed by atoms with Crippen LogP contribution < -0.4 is 10.2 Å². The SMILES string of the molecule is O=c1c(O[C@@H]2O[C@H](CO[C@@H]3O[C@@H](CO)[C@H](O)[C@@H](O)[C@H]3O)[C@@H](O)[C@H](O)[C@H]2O)c(-c2cc(O)c(O)c(O)c2)oc2cc(O)cc(O)c12. The Morgan fingerprint density at radius 1 is 0.689 bits per heavy atom. The molecule has 10 atom stereocenters. The maximum atomic E-state index is 13.6. The monoisotopic (exact) mass is 642 g/mol. The Morgan fingerprint density at radius 3 is 1.89 bits per heavy atom. The van der Waals surface area contributed by atoms with Crippen LogP contribution in [0.2, 0.25) is 0 Å². The van der Waals surface area contributed by atoms with E-state index in [-0.39, 0.29) is 5.56 Å². The smallest absolute Gasteiger partial charge is 0.239 e. The van der Waals surface area contributed by atoms with Crippen molar-refractivity contribution >= 4 is 11.0 Å². The second-order valence-electron chi connectivity index (χ2n) is 10.5.